The van der Waals surface area contributed by atoms with Gasteiger partial charge in [0.05, 0.1) is 13.2 Å². The van der Waals surface area contributed by atoms with E-state index in [-0.39, 0.29) is 0 Å². The van der Waals surface area contributed by atoms with E-state index in [4.69, 9.17) is 16.3 Å². The van der Waals surface area contributed by atoms with Gasteiger partial charge in [-0.15, -0.1) is 0 Å². The van der Waals surface area contributed by atoms with Crippen LogP contribution in [0.1, 0.15) is 18.4 Å². The Morgan fingerprint density at radius 2 is 1.90 bits per heavy atom. The second-order valence-electron chi connectivity index (χ2n) is 6.70. The van der Waals surface area contributed by atoms with Crippen LogP contribution >= 0.6 is 11.6 Å². The Kier molecular flexibility index (Phi) is 3.92. The highest BCUT2D eigenvalue weighted by molar-refractivity contribution is 6.30. The molecular weight excluding hydrogens is 284 g/mol. The Hall–Kier alpha value is -0.610. The first-order valence-corrected chi connectivity index (χ1v) is 8.48. The van der Waals surface area contributed by atoms with Crippen LogP contribution in [0.2, 0.25) is 5.02 Å². The van der Waals surface area contributed by atoms with Gasteiger partial charge in [0, 0.05) is 43.3 Å². The lowest BCUT2D eigenvalue weighted by atomic mass is 10.0. The summed E-state index contributed by atoms with van der Waals surface area (Å²) >= 11 is 5.96. The molecule has 3 fully saturated rings. The highest BCUT2D eigenvalue weighted by atomic mass is 35.5. The van der Waals surface area contributed by atoms with E-state index >= 15 is 0 Å². The maximum atomic E-state index is 5.96. The van der Waals surface area contributed by atoms with Crippen LogP contribution in [0.3, 0.4) is 0 Å². The van der Waals surface area contributed by atoms with Gasteiger partial charge in [0.2, 0.25) is 0 Å². The van der Waals surface area contributed by atoms with Gasteiger partial charge in [-0.2, -0.15) is 0 Å². The van der Waals surface area contributed by atoms with Crippen LogP contribution in [0.25, 0.3) is 0 Å². The minimum atomic E-state index is 0.588. The van der Waals surface area contributed by atoms with E-state index in [9.17, 15) is 0 Å². The molecule has 4 heteroatoms. The van der Waals surface area contributed by atoms with Crippen molar-refractivity contribution in [3.05, 3.63) is 34.9 Å². The number of rotatable bonds is 3. The molecule has 3 nitrogen and oxygen atoms in total. The number of fused-ring (bicyclic) bond motifs is 1. The van der Waals surface area contributed by atoms with Crippen molar-refractivity contribution in [1.29, 1.82) is 0 Å². The third-order valence-electron chi connectivity index (χ3n) is 5.12. The molecule has 0 bridgehead atoms. The van der Waals surface area contributed by atoms with Crippen LogP contribution in [0.4, 0.5) is 0 Å². The normalized spacial score (nSPS) is 31.1. The van der Waals surface area contributed by atoms with Gasteiger partial charge >= 0.3 is 0 Å². The highest BCUT2D eigenvalue weighted by Crippen LogP contribution is 2.38. The van der Waals surface area contributed by atoms with Crippen molar-refractivity contribution in [3.63, 3.8) is 0 Å². The van der Waals surface area contributed by atoms with Crippen molar-refractivity contribution in [1.82, 2.24) is 9.80 Å². The standard InChI is InChI=1S/C17H23ClN2O/c18-15-5-1-13(2-6-15)9-19-7-8-20-16(10-19)11-21-12-17(20)14-3-4-14/h1-2,5-6,14,16-17H,3-4,7-12H2/t16-,17-/m1/s1. The van der Waals surface area contributed by atoms with Gasteiger partial charge in [0.15, 0.2) is 0 Å². The minimum Gasteiger partial charge on any atom is -0.378 e. The lowest BCUT2D eigenvalue weighted by Gasteiger charge is -2.48. The molecular formula is C17H23ClN2O. The molecule has 3 aliphatic rings. The smallest absolute Gasteiger partial charge is 0.0635 e. The lowest BCUT2D eigenvalue weighted by Crippen LogP contribution is -2.62. The number of hydrogen-bond acceptors (Lipinski definition) is 3. The van der Waals surface area contributed by atoms with Gasteiger partial charge in [-0.3, -0.25) is 9.80 Å². The number of piperazine rings is 1. The summed E-state index contributed by atoms with van der Waals surface area (Å²) in [6, 6.07) is 9.53. The molecule has 1 aromatic carbocycles. The Labute approximate surface area is 131 Å². The number of benzene rings is 1. The predicted octanol–water partition coefficient (Wildman–Crippen LogP) is 2.64. The molecule has 0 amide bonds. The highest BCUT2D eigenvalue weighted by Gasteiger charge is 2.42. The number of ether oxygens (including phenoxy) is 1. The molecule has 0 radical (unpaired) electrons. The number of nitrogens with zero attached hydrogens (tertiary/aromatic N) is 2. The third-order valence-corrected chi connectivity index (χ3v) is 5.37. The Balaban J connectivity index is 1.38. The van der Waals surface area contributed by atoms with Crippen LogP contribution < -0.4 is 0 Å². The zero-order valence-corrected chi connectivity index (χ0v) is 13.1. The van der Waals surface area contributed by atoms with E-state index in [1.807, 2.05) is 12.1 Å². The lowest BCUT2D eigenvalue weighted by molar-refractivity contribution is -0.0880. The van der Waals surface area contributed by atoms with Gasteiger partial charge in [-0.25, -0.2) is 0 Å². The molecule has 114 valence electrons. The largest absolute Gasteiger partial charge is 0.378 e. The van der Waals surface area contributed by atoms with Crippen molar-refractivity contribution in [2.75, 3.05) is 32.8 Å². The fraction of sp³-hybridized carbons (Fsp3) is 0.647. The average molecular weight is 307 g/mol. The molecule has 1 aromatic rings. The second-order valence-corrected chi connectivity index (χ2v) is 7.13. The summed E-state index contributed by atoms with van der Waals surface area (Å²) in [4.78, 5) is 5.29. The first-order valence-electron chi connectivity index (χ1n) is 8.10. The maximum absolute atomic E-state index is 5.96. The molecule has 0 N–H and O–H groups in total. The van der Waals surface area contributed by atoms with E-state index in [0.717, 1.165) is 37.2 Å². The van der Waals surface area contributed by atoms with E-state index in [1.54, 1.807) is 0 Å². The Morgan fingerprint density at radius 3 is 2.67 bits per heavy atom. The van der Waals surface area contributed by atoms with Gasteiger partial charge in [0.1, 0.15) is 0 Å². The maximum Gasteiger partial charge on any atom is 0.0635 e. The molecule has 2 aliphatic heterocycles. The fourth-order valence-corrected chi connectivity index (χ4v) is 3.94. The van der Waals surface area contributed by atoms with Gasteiger partial charge in [-0.05, 0) is 36.5 Å². The Morgan fingerprint density at radius 1 is 1.10 bits per heavy atom. The van der Waals surface area contributed by atoms with Gasteiger partial charge < -0.3 is 4.74 Å². The van der Waals surface area contributed by atoms with Crippen LogP contribution in [0.5, 0.6) is 0 Å². The van der Waals surface area contributed by atoms with E-state index in [2.05, 4.69) is 21.9 Å². The van der Waals surface area contributed by atoms with Crippen LogP contribution in [0.15, 0.2) is 24.3 Å². The van der Waals surface area contributed by atoms with E-state index < -0.39 is 0 Å². The predicted molar refractivity (Wildman–Crippen MR) is 84.6 cm³/mol. The molecule has 1 aliphatic carbocycles. The third kappa shape index (κ3) is 3.11. The van der Waals surface area contributed by atoms with Crippen LogP contribution in [-0.4, -0.2) is 54.7 Å². The fourth-order valence-electron chi connectivity index (χ4n) is 3.82. The summed E-state index contributed by atoms with van der Waals surface area (Å²) in [6.45, 7) is 6.38. The molecule has 2 saturated heterocycles. The van der Waals surface area contributed by atoms with Gasteiger partial charge in [-0.1, -0.05) is 23.7 Å². The summed E-state index contributed by atoms with van der Waals surface area (Å²) < 4.78 is 5.88. The molecule has 0 unspecified atom stereocenters. The number of hydrogen-bond donors (Lipinski definition) is 0. The van der Waals surface area contributed by atoms with Crippen LogP contribution in [0, 0.1) is 5.92 Å². The number of morpholine rings is 1. The monoisotopic (exact) mass is 306 g/mol. The average Bonchev–Trinajstić information content (AvgIpc) is 3.33. The summed E-state index contributed by atoms with van der Waals surface area (Å²) in [5, 5.41) is 0.816. The summed E-state index contributed by atoms with van der Waals surface area (Å²) in [5.74, 6) is 0.913. The topological polar surface area (TPSA) is 15.7 Å². The molecule has 2 heterocycles. The van der Waals surface area contributed by atoms with E-state index in [0.29, 0.717) is 12.1 Å². The summed E-state index contributed by atoms with van der Waals surface area (Å²) in [5.41, 5.74) is 1.35. The van der Waals surface area contributed by atoms with Gasteiger partial charge in [0.25, 0.3) is 0 Å². The number of halogens is 1. The van der Waals surface area contributed by atoms with Crippen molar-refractivity contribution in [2.24, 2.45) is 5.92 Å². The zero-order chi connectivity index (χ0) is 14.2. The summed E-state index contributed by atoms with van der Waals surface area (Å²) in [6.07, 6.45) is 2.82. The zero-order valence-electron chi connectivity index (χ0n) is 12.4. The quantitative estimate of drug-likeness (QED) is 0.854. The molecule has 4 rings (SSSR count). The first-order chi connectivity index (χ1) is 10.3. The first kappa shape index (κ1) is 14.0. The van der Waals surface area contributed by atoms with Crippen molar-refractivity contribution in [3.8, 4) is 0 Å². The SMILES string of the molecule is Clc1ccc(CN2CCN3[C@@H](COC[C@@H]3C3CC3)C2)cc1. The van der Waals surface area contributed by atoms with E-state index in [1.165, 1.54) is 31.5 Å². The van der Waals surface area contributed by atoms with Crippen molar-refractivity contribution in [2.45, 2.75) is 31.5 Å². The van der Waals surface area contributed by atoms with Crippen LogP contribution in [-0.2, 0) is 11.3 Å². The molecule has 0 aromatic heterocycles. The van der Waals surface area contributed by atoms with Crippen molar-refractivity contribution >= 4 is 11.6 Å². The minimum absolute atomic E-state index is 0.588. The summed E-state index contributed by atoms with van der Waals surface area (Å²) in [7, 11) is 0. The molecule has 0 spiro atoms. The molecule has 2 atom stereocenters. The van der Waals surface area contributed by atoms with Crippen molar-refractivity contribution < 1.29 is 4.74 Å². The second kappa shape index (κ2) is 5.88. The Bertz CT molecular complexity index is 488. The molecule has 21 heavy (non-hydrogen) atoms. The molecule has 1 saturated carbocycles.